The lowest BCUT2D eigenvalue weighted by molar-refractivity contribution is 0.465. The zero-order chi connectivity index (χ0) is 25.4. The molecular formula is C23H28N6O4S2. The molecule has 0 aliphatic heterocycles. The molecule has 0 atom stereocenters. The van der Waals surface area contributed by atoms with Crippen LogP contribution in [0.25, 0.3) is 0 Å². The van der Waals surface area contributed by atoms with Crippen molar-refractivity contribution in [2.45, 2.75) is 43.4 Å². The Morgan fingerprint density at radius 2 is 1.71 bits per heavy atom. The number of benzene rings is 2. The van der Waals surface area contributed by atoms with Gasteiger partial charge in [0.15, 0.2) is 0 Å². The number of rotatable bonds is 9. The van der Waals surface area contributed by atoms with Crippen molar-refractivity contribution in [3.05, 3.63) is 65.4 Å². The molecule has 4 rings (SSSR count). The monoisotopic (exact) mass is 516 g/mol. The maximum Gasteiger partial charge on any atom is 0.238 e. The van der Waals surface area contributed by atoms with Gasteiger partial charge in [0.25, 0.3) is 0 Å². The van der Waals surface area contributed by atoms with E-state index in [0.717, 1.165) is 29.7 Å². The summed E-state index contributed by atoms with van der Waals surface area (Å²) in [7, 11) is -5.51. The summed E-state index contributed by atoms with van der Waals surface area (Å²) in [6.07, 6.45) is 3.10. The third-order valence-electron chi connectivity index (χ3n) is 5.70. The Morgan fingerprint density at radius 1 is 1.00 bits per heavy atom. The highest BCUT2D eigenvalue weighted by atomic mass is 32.2. The van der Waals surface area contributed by atoms with Gasteiger partial charge >= 0.3 is 0 Å². The molecule has 12 heteroatoms. The van der Waals surface area contributed by atoms with E-state index in [-0.39, 0.29) is 22.6 Å². The second-order valence-electron chi connectivity index (χ2n) is 8.70. The number of sulfonamides is 2. The van der Waals surface area contributed by atoms with E-state index in [2.05, 4.69) is 20.6 Å². The van der Waals surface area contributed by atoms with E-state index in [1.807, 2.05) is 31.2 Å². The molecule has 1 heterocycles. The maximum absolute atomic E-state index is 12.4. The number of hydrogen-bond donors (Lipinski definition) is 3. The topological polar surface area (TPSA) is 147 Å². The highest BCUT2D eigenvalue weighted by molar-refractivity contribution is 7.90. The summed E-state index contributed by atoms with van der Waals surface area (Å²) in [5.74, 6) is 0.825. The molecule has 186 valence electrons. The van der Waals surface area contributed by atoms with Crippen molar-refractivity contribution in [1.82, 2.24) is 14.3 Å². The first-order valence-corrected chi connectivity index (χ1v) is 14.0. The molecule has 10 nitrogen and oxygen atoms in total. The standard InChI is InChI=1S/C23H28N6O4S2/c1-15-7-8-19(12-21(15)34(24,30)31)27-23-25-13-16(2)22(28-23)26-18-6-4-5-17(11-18)14-29(3)35(32,33)20-9-10-20/h4-8,11-13,20H,9-10,14H2,1-3H3,(H2,24,30,31)(H2,25,26,27,28). The van der Waals surface area contributed by atoms with Gasteiger partial charge in [-0.15, -0.1) is 0 Å². The molecule has 1 fully saturated rings. The van der Waals surface area contributed by atoms with Crippen LogP contribution in [0.4, 0.5) is 23.1 Å². The molecule has 3 aromatic rings. The summed E-state index contributed by atoms with van der Waals surface area (Å²) >= 11 is 0. The van der Waals surface area contributed by atoms with Crippen molar-refractivity contribution in [2.24, 2.45) is 5.14 Å². The first-order valence-electron chi connectivity index (χ1n) is 11.0. The minimum Gasteiger partial charge on any atom is -0.340 e. The van der Waals surface area contributed by atoms with Crippen molar-refractivity contribution in [3.8, 4) is 0 Å². The third-order valence-corrected chi connectivity index (χ3v) is 9.06. The van der Waals surface area contributed by atoms with E-state index in [1.165, 1.54) is 10.4 Å². The van der Waals surface area contributed by atoms with Crippen LogP contribution in [0.1, 0.15) is 29.5 Å². The van der Waals surface area contributed by atoms with Gasteiger partial charge in [0.2, 0.25) is 26.0 Å². The Balaban J connectivity index is 1.52. The molecule has 0 spiro atoms. The van der Waals surface area contributed by atoms with E-state index in [9.17, 15) is 16.8 Å². The largest absolute Gasteiger partial charge is 0.340 e. The molecule has 1 aliphatic carbocycles. The molecule has 1 aliphatic rings. The van der Waals surface area contributed by atoms with E-state index < -0.39 is 20.0 Å². The maximum atomic E-state index is 12.4. The summed E-state index contributed by atoms with van der Waals surface area (Å²) in [6, 6.07) is 12.3. The van der Waals surface area contributed by atoms with Crippen LogP contribution in [0.3, 0.4) is 0 Å². The predicted octanol–water partition coefficient (Wildman–Crippen LogP) is 3.15. The smallest absolute Gasteiger partial charge is 0.238 e. The van der Waals surface area contributed by atoms with Gasteiger partial charge in [0.1, 0.15) is 5.82 Å². The molecule has 0 unspecified atom stereocenters. The van der Waals surface area contributed by atoms with Crippen LogP contribution in [0, 0.1) is 13.8 Å². The average Bonchev–Trinajstić information content (AvgIpc) is 3.63. The Kier molecular flexibility index (Phi) is 6.82. The third kappa shape index (κ3) is 5.96. The van der Waals surface area contributed by atoms with Gasteiger partial charge in [-0.3, -0.25) is 0 Å². The Labute approximate surface area is 205 Å². The van der Waals surface area contributed by atoms with Crippen LogP contribution in [0.5, 0.6) is 0 Å². The Bertz CT molecular complexity index is 1470. The number of primary sulfonamides is 1. The lowest BCUT2D eigenvalue weighted by Gasteiger charge is -2.17. The fourth-order valence-electron chi connectivity index (χ4n) is 3.59. The summed E-state index contributed by atoms with van der Waals surface area (Å²) in [4.78, 5) is 8.82. The van der Waals surface area contributed by atoms with Crippen LogP contribution >= 0.6 is 0 Å². The Hall–Kier alpha value is -3.06. The van der Waals surface area contributed by atoms with Gasteiger partial charge in [0, 0.05) is 36.7 Å². The minimum absolute atomic E-state index is 0.0263. The molecule has 0 saturated heterocycles. The second kappa shape index (κ2) is 9.53. The molecule has 1 saturated carbocycles. The number of nitrogens with two attached hydrogens (primary N) is 1. The molecule has 1 aromatic heterocycles. The summed E-state index contributed by atoms with van der Waals surface area (Å²) < 4.78 is 49.9. The van der Waals surface area contributed by atoms with Crippen LogP contribution < -0.4 is 15.8 Å². The number of nitrogens with one attached hydrogen (secondary N) is 2. The van der Waals surface area contributed by atoms with Gasteiger partial charge in [-0.2, -0.15) is 4.98 Å². The summed E-state index contributed by atoms with van der Waals surface area (Å²) in [5, 5.41) is 11.3. The minimum atomic E-state index is -3.86. The molecular weight excluding hydrogens is 488 g/mol. The lowest BCUT2D eigenvalue weighted by atomic mass is 10.2. The van der Waals surface area contributed by atoms with Crippen molar-refractivity contribution in [1.29, 1.82) is 0 Å². The molecule has 35 heavy (non-hydrogen) atoms. The SMILES string of the molecule is Cc1ccc(Nc2ncc(C)c(Nc3cccc(CN(C)S(=O)(=O)C4CC4)c3)n2)cc1S(N)(=O)=O. The second-order valence-corrected chi connectivity index (χ2v) is 12.6. The molecule has 2 aromatic carbocycles. The van der Waals surface area contributed by atoms with Crippen molar-refractivity contribution < 1.29 is 16.8 Å². The van der Waals surface area contributed by atoms with Crippen LogP contribution in [0.2, 0.25) is 0 Å². The predicted molar refractivity (Wildman–Crippen MR) is 136 cm³/mol. The normalized spacial score (nSPS) is 14.2. The molecule has 4 N–H and O–H groups in total. The van der Waals surface area contributed by atoms with Crippen molar-refractivity contribution in [2.75, 3.05) is 17.7 Å². The molecule has 0 bridgehead atoms. The highest BCUT2D eigenvalue weighted by Gasteiger charge is 2.38. The lowest BCUT2D eigenvalue weighted by Crippen LogP contribution is -2.29. The van der Waals surface area contributed by atoms with E-state index in [0.29, 0.717) is 17.1 Å². The van der Waals surface area contributed by atoms with E-state index >= 15 is 0 Å². The van der Waals surface area contributed by atoms with Crippen LogP contribution in [-0.2, 0) is 26.6 Å². The molecule has 0 radical (unpaired) electrons. The first-order chi connectivity index (χ1) is 16.4. The highest BCUT2D eigenvalue weighted by Crippen LogP contribution is 2.31. The number of anilines is 4. The van der Waals surface area contributed by atoms with Gasteiger partial charge in [0.05, 0.1) is 10.1 Å². The van der Waals surface area contributed by atoms with Crippen LogP contribution in [-0.4, -0.2) is 43.4 Å². The van der Waals surface area contributed by atoms with Crippen molar-refractivity contribution in [3.63, 3.8) is 0 Å². The fourth-order valence-corrected chi connectivity index (χ4v) is 5.97. The van der Waals surface area contributed by atoms with Gasteiger partial charge in [-0.1, -0.05) is 18.2 Å². The zero-order valence-electron chi connectivity index (χ0n) is 19.7. The first kappa shape index (κ1) is 25.0. The quantitative estimate of drug-likeness (QED) is 0.393. The van der Waals surface area contributed by atoms with E-state index in [1.54, 1.807) is 32.3 Å². The number of nitrogens with zero attached hydrogens (tertiary/aromatic N) is 3. The van der Waals surface area contributed by atoms with Gasteiger partial charge in [-0.25, -0.2) is 31.3 Å². The fraction of sp³-hybridized carbons (Fsp3) is 0.304. The van der Waals surface area contributed by atoms with Crippen LogP contribution in [0.15, 0.2) is 53.6 Å². The summed E-state index contributed by atoms with van der Waals surface area (Å²) in [6.45, 7) is 3.81. The van der Waals surface area contributed by atoms with E-state index in [4.69, 9.17) is 5.14 Å². The average molecular weight is 517 g/mol. The summed E-state index contributed by atoms with van der Waals surface area (Å²) in [5.41, 5.74) is 3.42. The van der Waals surface area contributed by atoms with Gasteiger partial charge < -0.3 is 10.6 Å². The number of aromatic nitrogens is 2. The zero-order valence-corrected chi connectivity index (χ0v) is 21.3. The van der Waals surface area contributed by atoms with Crippen molar-refractivity contribution >= 4 is 43.2 Å². The Morgan fingerprint density at radius 3 is 2.40 bits per heavy atom. The number of aryl methyl sites for hydroxylation is 2. The number of hydrogen-bond acceptors (Lipinski definition) is 8. The molecule has 0 amide bonds. The van der Waals surface area contributed by atoms with Gasteiger partial charge in [-0.05, 0) is 62.1 Å².